The van der Waals surface area contributed by atoms with Gasteiger partial charge in [0.15, 0.2) is 0 Å². The molecule has 0 amide bonds. The zero-order valence-corrected chi connectivity index (χ0v) is 14.4. The second-order valence-electron chi connectivity index (χ2n) is 7.20. The molecule has 0 aliphatic rings. The average Bonchev–Trinajstić information content (AvgIpc) is 2.38. The van der Waals surface area contributed by atoms with Crippen molar-refractivity contribution < 1.29 is 9.90 Å². The molecule has 1 atom stereocenters. The Morgan fingerprint density at radius 3 is 1.95 bits per heavy atom. The molecule has 0 saturated carbocycles. The molecular weight excluding hydrogens is 262 g/mol. The first-order valence-corrected chi connectivity index (χ1v) is 7.62. The molecule has 0 heterocycles. The van der Waals surface area contributed by atoms with Gasteiger partial charge in [0.25, 0.3) is 0 Å². The monoisotopic (exact) mass is 291 g/mol. The maximum absolute atomic E-state index is 11.5. The highest BCUT2D eigenvalue weighted by Gasteiger charge is 2.36. The van der Waals surface area contributed by atoms with Crippen LogP contribution in [0.2, 0.25) is 0 Å². The second kappa shape index (κ2) is 6.18. The summed E-state index contributed by atoms with van der Waals surface area (Å²) in [6.45, 7) is 14.9. The Labute approximate surface area is 129 Å². The molecule has 3 heteroatoms. The summed E-state index contributed by atoms with van der Waals surface area (Å²) in [6, 6.07) is 8.59. The van der Waals surface area contributed by atoms with E-state index in [2.05, 4.69) is 52.0 Å². The van der Waals surface area contributed by atoms with Gasteiger partial charge in [0.2, 0.25) is 0 Å². The first-order chi connectivity index (χ1) is 9.51. The van der Waals surface area contributed by atoms with E-state index in [1.165, 1.54) is 5.56 Å². The van der Waals surface area contributed by atoms with Gasteiger partial charge < -0.3 is 5.11 Å². The van der Waals surface area contributed by atoms with Gasteiger partial charge in [0.05, 0.1) is 0 Å². The molecule has 1 rings (SSSR count). The number of carboxylic acids is 1. The Morgan fingerprint density at radius 2 is 1.62 bits per heavy atom. The largest absolute Gasteiger partial charge is 0.480 e. The fraction of sp³-hybridized carbons (Fsp3) is 0.611. The van der Waals surface area contributed by atoms with Crippen LogP contribution in [0.5, 0.6) is 0 Å². The van der Waals surface area contributed by atoms with E-state index in [1.54, 1.807) is 13.8 Å². The summed E-state index contributed by atoms with van der Waals surface area (Å²) in [6.07, 6.45) is 0. The van der Waals surface area contributed by atoms with Crippen molar-refractivity contribution in [2.75, 3.05) is 6.54 Å². The number of carboxylic acid groups (broad SMARTS) is 1. The van der Waals surface area contributed by atoms with Crippen molar-refractivity contribution in [2.24, 2.45) is 0 Å². The molecule has 1 aromatic rings. The van der Waals surface area contributed by atoms with Crippen LogP contribution in [0.15, 0.2) is 24.3 Å². The van der Waals surface area contributed by atoms with E-state index in [9.17, 15) is 9.90 Å². The van der Waals surface area contributed by atoms with Crippen molar-refractivity contribution in [3.05, 3.63) is 35.4 Å². The fourth-order valence-corrected chi connectivity index (χ4v) is 2.72. The van der Waals surface area contributed by atoms with Gasteiger partial charge in [-0.15, -0.1) is 0 Å². The Bertz CT molecular complexity index is 483. The predicted octanol–water partition coefficient (Wildman–Crippen LogP) is 4.23. The predicted molar refractivity (Wildman–Crippen MR) is 87.7 cm³/mol. The third kappa shape index (κ3) is 3.85. The number of benzene rings is 1. The molecule has 0 aliphatic heterocycles. The van der Waals surface area contributed by atoms with Crippen molar-refractivity contribution in [2.45, 2.75) is 65.5 Å². The van der Waals surface area contributed by atoms with Crippen LogP contribution in [0.1, 0.15) is 65.6 Å². The van der Waals surface area contributed by atoms with Crippen LogP contribution in [-0.2, 0) is 10.2 Å². The Morgan fingerprint density at radius 1 is 1.14 bits per heavy atom. The summed E-state index contributed by atoms with van der Waals surface area (Å²) in [4.78, 5) is 13.5. The normalized spacial score (nSPS) is 14.3. The molecule has 0 fully saturated rings. The first kappa shape index (κ1) is 17.7. The standard InChI is InChI=1S/C18H29NO2/c1-8-19(18(6,7)16(20)21)13(2)14-9-11-15(12-10-14)17(3,4)5/h9-13H,8H2,1-7H3,(H,20,21). The molecule has 0 bridgehead atoms. The zero-order chi connectivity index (χ0) is 16.4. The first-order valence-electron chi connectivity index (χ1n) is 7.62. The van der Waals surface area contributed by atoms with Crippen LogP contribution in [0.4, 0.5) is 0 Å². The minimum Gasteiger partial charge on any atom is -0.480 e. The number of likely N-dealkylation sites (N-methyl/N-ethyl adjacent to an activating group) is 1. The lowest BCUT2D eigenvalue weighted by atomic mass is 9.86. The summed E-state index contributed by atoms with van der Waals surface area (Å²) in [5.74, 6) is -0.789. The zero-order valence-electron chi connectivity index (χ0n) is 14.4. The summed E-state index contributed by atoms with van der Waals surface area (Å²) < 4.78 is 0. The fourth-order valence-electron chi connectivity index (χ4n) is 2.72. The van der Waals surface area contributed by atoms with Crippen LogP contribution in [-0.4, -0.2) is 28.1 Å². The van der Waals surface area contributed by atoms with Crippen LogP contribution in [0.3, 0.4) is 0 Å². The molecule has 1 unspecified atom stereocenters. The Balaban J connectivity index is 3.06. The smallest absolute Gasteiger partial charge is 0.323 e. The van der Waals surface area contributed by atoms with Crippen LogP contribution >= 0.6 is 0 Å². The number of hydrogen-bond acceptors (Lipinski definition) is 2. The lowest BCUT2D eigenvalue weighted by Gasteiger charge is -2.39. The van der Waals surface area contributed by atoms with Crippen LogP contribution in [0, 0.1) is 0 Å². The van der Waals surface area contributed by atoms with Crippen molar-refractivity contribution >= 4 is 5.97 Å². The molecule has 0 radical (unpaired) electrons. The van der Waals surface area contributed by atoms with Gasteiger partial charge in [-0.2, -0.15) is 0 Å². The lowest BCUT2D eigenvalue weighted by Crippen LogP contribution is -2.51. The van der Waals surface area contributed by atoms with Gasteiger partial charge in [-0.25, -0.2) is 0 Å². The second-order valence-corrected chi connectivity index (χ2v) is 7.20. The van der Waals surface area contributed by atoms with E-state index < -0.39 is 11.5 Å². The Hall–Kier alpha value is -1.35. The molecule has 21 heavy (non-hydrogen) atoms. The lowest BCUT2D eigenvalue weighted by molar-refractivity contribution is -0.150. The molecule has 0 spiro atoms. The van der Waals surface area contributed by atoms with Crippen LogP contribution in [0.25, 0.3) is 0 Å². The van der Waals surface area contributed by atoms with E-state index >= 15 is 0 Å². The third-order valence-corrected chi connectivity index (χ3v) is 4.31. The number of nitrogens with zero attached hydrogens (tertiary/aromatic N) is 1. The van der Waals surface area contributed by atoms with Gasteiger partial charge >= 0.3 is 5.97 Å². The van der Waals surface area contributed by atoms with Gasteiger partial charge in [-0.05, 0) is 43.9 Å². The minimum atomic E-state index is -0.878. The molecule has 3 nitrogen and oxygen atoms in total. The maximum Gasteiger partial charge on any atom is 0.323 e. The van der Waals surface area contributed by atoms with E-state index in [4.69, 9.17) is 0 Å². The highest BCUT2D eigenvalue weighted by molar-refractivity contribution is 5.77. The minimum absolute atomic E-state index is 0.0649. The number of hydrogen-bond donors (Lipinski definition) is 1. The molecule has 0 aromatic heterocycles. The van der Waals surface area contributed by atoms with Crippen LogP contribution < -0.4 is 0 Å². The quantitative estimate of drug-likeness (QED) is 0.882. The summed E-state index contributed by atoms with van der Waals surface area (Å²) in [5, 5.41) is 9.45. The topological polar surface area (TPSA) is 40.5 Å². The summed E-state index contributed by atoms with van der Waals surface area (Å²) in [5.41, 5.74) is 1.70. The van der Waals surface area contributed by atoms with Crippen molar-refractivity contribution in [3.63, 3.8) is 0 Å². The highest BCUT2D eigenvalue weighted by Crippen LogP contribution is 2.30. The molecular formula is C18H29NO2. The van der Waals surface area contributed by atoms with Gasteiger partial charge in [0, 0.05) is 6.04 Å². The molecule has 1 aromatic carbocycles. The molecule has 1 N–H and O–H groups in total. The maximum atomic E-state index is 11.5. The summed E-state index contributed by atoms with van der Waals surface area (Å²) in [7, 11) is 0. The SMILES string of the molecule is CCN(C(C)c1ccc(C(C)(C)C)cc1)C(C)(C)C(=O)O. The number of rotatable bonds is 5. The van der Waals surface area contributed by atoms with Gasteiger partial charge in [-0.3, -0.25) is 9.69 Å². The van der Waals surface area contributed by atoms with E-state index in [1.807, 2.05) is 11.8 Å². The van der Waals surface area contributed by atoms with E-state index in [-0.39, 0.29) is 11.5 Å². The molecule has 0 saturated heterocycles. The molecule has 0 aliphatic carbocycles. The number of carbonyl (C=O) groups is 1. The van der Waals surface area contributed by atoms with Crippen molar-refractivity contribution in [1.29, 1.82) is 0 Å². The van der Waals surface area contributed by atoms with E-state index in [0.717, 1.165) is 5.56 Å². The average molecular weight is 291 g/mol. The number of aliphatic carboxylic acids is 1. The van der Waals surface area contributed by atoms with Crippen molar-refractivity contribution in [3.8, 4) is 0 Å². The summed E-state index contributed by atoms with van der Waals surface area (Å²) >= 11 is 0. The third-order valence-electron chi connectivity index (χ3n) is 4.31. The molecule has 118 valence electrons. The van der Waals surface area contributed by atoms with Crippen molar-refractivity contribution in [1.82, 2.24) is 4.90 Å². The Kier molecular flexibility index (Phi) is 5.21. The highest BCUT2D eigenvalue weighted by atomic mass is 16.4. The van der Waals surface area contributed by atoms with E-state index in [0.29, 0.717) is 6.54 Å². The van der Waals surface area contributed by atoms with Gasteiger partial charge in [-0.1, -0.05) is 52.0 Å². The van der Waals surface area contributed by atoms with Gasteiger partial charge in [0.1, 0.15) is 5.54 Å².